The van der Waals surface area contributed by atoms with Gasteiger partial charge in [-0.05, 0) is 30.3 Å². The summed E-state index contributed by atoms with van der Waals surface area (Å²) in [6.45, 7) is 0. The summed E-state index contributed by atoms with van der Waals surface area (Å²) < 4.78 is 52.5. The predicted octanol–water partition coefficient (Wildman–Crippen LogP) is 3.00. The highest BCUT2D eigenvalue weighted by Crippen LogP contribution is 2.26. The van der Waals surface area contributed by atoms with E-state index < -0.39 is 26.6 Å². The van der Waals surface area contributed by atoms with Crippen molar-refractivity contribution >= 4 is 33.0 Å². The summed E-state index contributed by atoms with van der Waals surface area (Å²) in [6, 6.07) is 6.33. The van der Waals surface area contributed by atoms with E-state index in [-0.39, 0.29) is 16.4 Å². The first-order valence-corrected chi connectivity index (χ1v) is 7.18. The van der Waals surface area contributed by atoms with Crippen molar-refractivity contribution in [3.8, 4) is 0 Å². The van der Waals surface area contributed by atoms with E-state index in [1.54, 1.807) is 0 Å². The van der Waals surface area contributed by atoms with Crippen molar-refractivity contribution in [2.75, 3.05) is 10.5 Å². The van der Waals surface area contributed by atoms with Crippen LogP contribution in [0.25, 0.3) is 0 Å². The van der Waals surface area contributed by atoms with Crippen LogP contribution in [0.5, 0.6) is 0 Å². The number of sulfonamides is 1. The standard InChI is InChI=1S/C12H9ClF2N2O2S/c13-7-1-3-10(16)11(5-7)17-20(18,19)12-4-2-8(14)6-9(12)15/h1-6,17H,16H2. The SMILES string of the molecule is Nc1ccc(Cl)cc1NS(=O)(=O)c1ccc(F)cc1F. The molecule has 0 fully saturated rings. The lowest BCUT2D eigenvalue weighted by atomic mass is 10.3. The van der Waals surface area contributed by atoms with Gasteiger partial charge in [0.2, 0.25) is 0 Å². The second-order valence-electron chi connectivity index (χ2n) is 3.91. The molecule has 0 amide bonds. The van der Waals surface area contributed by atoms with Crippen molar-refractivity contribution in [1.29, 1.82) is 0 Å². The second kappa shape index (κ2) is 5.26. The average Bonchev–Trinajstić information content (AvgIpc) is 2.33. The van der Waals surface area contributed by atoms with E-state index in [1.165, 1.54) is 18.2 Å². The van der Waals surface area contributed by atoms with Gasteiger partial charge in [0.15, 0.2) is 0 Å². The van der Waals surface area contributed by atoms with Crippen LogP contribution in [-0.4, -0.2) is 8.42 Å². The highest BCUT2D eigenvalue weighted by molar-refractivity contribution is 7.92. The van der Waals surface area contributed by atoms with Gasteiger partial charge in [0, 0.05) is 11.1 Å². The molecule has 0 atom stereocenters. The Kier molecular flexibility index (Phi) is 3.82. The summed E-state index contributed by atoms with van der Waals surface area (Å²) in [6.07, 6.45) is 0. The fourth-order valence-electron chi connectivity index (χ4n) is 1.51. The van der Waals surface area contributed by atoms with Crippen LogP contribution in [0.2, 0.25) is 5.02 Å². The number of rotatable bonds is 3. The number of hydrogen-bond acceptors (Lipinski definition) is 3. The van der Waals surface area contributed by atoms with Crippen molar-refractivity contribution in [3.05, 3.63) is 53.1 Å². The molecular weight excluding hydrogens is 310 g/mol. The normalized spacial score (nSPS) is 11.3. The van der Waals surface area contributed by atoms with E-state index >= 15 is 0 Å². The molecule has 20 heavy (non-hydrogen) atoms. The first-order chi connectivity index (χ1) is 9.29. The Balaban J connectivity index is 2.43. The molecule has 0 aliphatic carbocycles. The van der Waals surface area contributed by atoms with Crippen LogP contribution in [0.4, 0.5) is 20.2 Å². The molecule has 8 heteroatoms. The zero-order chi connectivity index (χ0) is 14.9. The van der Waals surface area contributed by atoms with Crippen LogP contribution in [0.15, 0.2) is 41.3 Å². The van der Waals surface area contributed by atoms with Gasteiger partial charge in [-0.1, -0.05) is 11.6 Å². The maximum atomic E-state index is 13.5. The van der Waals surface area contributed by atoms with Gasteiger partial charge in [0.05, 0.1) is 11.4 Å². The van der Waals surface area contributed by atoms with Gasteiger partial charge in [-0.3, -0.25) is 4.72 Å². The lowest BCUT2D eigenvalue weighted by Crippen LogP contribution is -2.15. The molecule has 0 aliphatic rings. The Labute approximate surface area is 119 Å². The summed E-state index contributed by atoms with van der Waals surface area (Å²) in [5.74, 6) is -2.07. The number of hydrogen-bond donors (Lipinski definition) is 2. The zero-order valence-corrected chi connectivity index (χ0v) is 11.5. The van der Waals surface area contributed by atoms with Crippen LogP contribution < -0.4 is 10.5 Å². The molecule has 4 nitrogen and oxygen atoms in total. The number of nitrogens with two attached hydrogens (primary N) is 1. The third kappa shape index (κ3) is 3.00. The molecule has 106 valence electrons. The smallest absolute Gasteiger partial charge is 0.264 e. The minimum Gasteiger partial charge on any atom is -0.397 e. The van der Waals surface area contributed by atoms with E-state index in [9.17, 15) is 17.2 Å². The molecule has 3 N–H and O–H groups in total. The fraction of sp³-hybridized carbons (Fsp3) is 0. The number of nitrogen functional groups attached to an aromatic ring is 1. The van der Waals surface area contributed by atoms with E-state index in [1.807, 2.05) is 0 Å². The molecule has 0 aliphatic heterocycles. The minimum absolute atomic E-state index is 0.0150. The highest BCUT2D eigenvalue weighted by atomic mass is 35.5. The number of nitrogens with one attached hydrogen (secondary N) is 1. The quantitative estimate of drug-likeness (QED) is 0.854. The summed E-state index contributed by atoms with van der Waals surface area (Å²) in [7, 11) is -4.23. The molecular formula is C12H9ClF2N2O2S. The molecule has 0 radical (unpaired) electrons. The predicted molar refractivity (Wildman–Crippen MR) is 73.0 cm³/mol. The van der Waals surface area contributed by atoms with Gasteiger partial charge in [-0.2, -0.15) is 0 Å². The van der Waals surface area contributed by atoms with Crippen LogP contribution in [0, 0.1) is 11.6 Å². The average molecular weight is 319 g/mol. The summed E-state index contributed by atoms with van der Waals surface area (Å²) in [5, 5.41) is 0.261. The number of benzene rings is 2. The molecule has 0 aromatic heterocycles. The highest BCUT2D eigenvalue weighted by Gasteiger charge is 2.20. The van der Waals surface area contributed by atoms with E-state index in [2.05, 4.69) is 4.72 Å². The first kappa shape index (κ1) is 14.5. The molecule has 0 bridgehead atoms. The topological polar surface area (TPSA) is 72.2 Å². The van der Waals surface area contributed by atoms with Crippen LogP contribution >= 0.6 is 11.6 Å². The van der Waals surface area contributed by atoms with E-state index in [4.69, 9.17) is 17.3 Å². The van der Waals surface area contributed by atoms with Crippen molar-refractivity contribution in [2.24, 2.45) is 0 Å². The molecule has 0 saturated carbocycles. The maximum absolute atomic E-state index is 13.5. The monoisotopic (exact) mass is 318 g/mol. The molecule has 0 spiro atoms. The van der Waals surface area contributed by atoms with Gasteiger partial charge in [-0.25, -0.2) is 17.2 Å². The molecule has 2 aromatic rings. The lowest BCUT2D eigenvalue weighted by Gasteiger charge is -2.11. The van der Waals surface area contributed by atoms with Gasteiger partial charge >= 0.3 is 0 Å². The summed E-state index contributed by atoms with van der Waals surface area (Å²) in [5.41, 5.74) is 5.74. The minimum atomic E-state index is -4.23. The Morgan fingerprint density at radius 3 is 2.45 bits per heavy atom. The Bertz CT molecular complexity index is 766. The van der Waals surface area contributed by atoms with E-state index in [0.717, 1.165) is 12.1 Å². The lowest BCUT2D eigenvalue weighted by molar-refractivity contribution is 0.551. The van der Waals surface area contributed by atoms with Gasteiger partial charge < -0.3 is 5.73 Å². The first-order valence-electron chi connectivity index (χ1n) is 5.32. The Hall–Kier alpha value is -1.86. The molecule has 2 rings (SSSR count). The summed E-state index contributed by atoms with van der Waals surface area (Å²) >= 11 is 5.73. The van der Waals surface area contributed by atoms with Crippen molar-refractivity contribution in [2.45, 2.75) is 4.90 Å². The molecule has 2 aromatic carbocycles. The van der Waals surface area contributed by atoms with Crippen LogP contribution in [0.3, 0.4) is 0 Å². The molecule has 0 saturated heterocycles. The van der Waals surface area contributed by atoms with E-state index in [0.29, 0.717) is 6.07 Å². The van der Waals surface area contributed by atoms with Crippen molar-refractivity contribution in [3.63, 3.8) is 0 Å². The second-order valence-corrected chi connectivity index (χ2v) is 6.00. The van der Waals surface area contributed by atoms with Gasteiger partial charge in [-0.15, -0.1) is 0 Å². The van der Waals surface area contributed by atoms with Crippen LogP contribution in [0.1, 0.15) is 0 Å². The fourth-order valence-corrected chi connectivity index (χ4v) is 2.82. The van der Waals surface area contributed by atoms with Crippen LogP contribution in [-0.2, 0) is 10.0 Å². The maximum Gasteiger partial charge on any atom is 0.264 e. The summed E-state index contributed by atoms with van der Waals surface area (Å²) in [4.78, 5) is -0.682. The Morgan fingerprint density at radius 2 is 1.80 bits per heavy atom. The zero-order valence-electron chi connectivity index (χ0n) is 9.90. The Morgan fingerprint density at radius 1 is 1.10 bits per heavy atom. The van der Waals surface area contributed by atoms with Crippen molar-refractivity contribution < 1.29 is 17.2 Å². The molecule has 0 unspecified atom stereocenters. The third-order valence-corrected chi connectivity index (χ3v) is 4.08. The third-order valence-electron chi connectivity index (χ3n) is 2.44. The van der Waals surface area contributed by atoms with Gasteiger partial charge in [0.25, 0.3) is 10.0 Å². The largest absolute Gasteiger partial charge is 0.397 e. The number of anilines is 2. The number of halogens is 3. The van der Waals surface area contributed by atoms with Gasteiger partial charge in [0.1, 0.15) is 16.5 Å². The molecule has 0 heterocycles. The van der Waals surface area contributed by atoms with Crippen molar-refractivity contribution in [1.82, 2.24) is 0 Å².